The Bertz CT molecular complexity index is 375. The lowest BCUT2D eigenvalue weighted by molar-refractivity contribution is -0.123. The first-order valence-electron chi connectivity index (χ1n) is 9.25. The van der Waals surface area contributed by atoms with Crippen LogP contribution in [0.5, 0.6) is 0 Å². The lowest BCUT2D eigenvalue weighted by Gasteiger charge is -2.37. The Morgan fingerprint density at radius 1 is 1.00 bits per heavy atom. The molecule has 0 aromatic rings. The number of Topliss-reactive ketones (excluding diaryl/α,β-unsaturated/α-hetero) is 1. The highest BCUT2D eigenvalue weighted by molar-refractivity contribution is 7.86. The van der Waals surface area contributed by atoms with Crippen molar-refractivity contribution in [1.29, 1.82) is 0 Å². The van der Waals surface area contributed by atoms with E-state index in [4.69, 9.17) is 0 Å². The Hall–Kier alpha value is -0.440. The summed E-state index contributed by atoms with van der Waals surface area (Å²) in [7, 11) is -0.645. The van der Waals surface area contributed by atoms with Gasteiger partial charge in [-0.3, -0.25) is 9.00 Å². The highest BCUT2D eigenvalue weighted by Crippen LogP contribution is 2.37. The van der Waals surface area contributed by atoms with Crippen LogP contribution < -0.4 is 0 Å². The highest BCUT2D eigenvalue weighted by Gasteiger charge is 2.39. The van der Waals surface area contributed by atoms with Gasteiger partial charge in [0.1, 0.15) is 5.78 Å². The van der Waals surface area contributed by atoms with Crippen LogP contribution in [0.2, 0.25) is 0 Å². The van der Waals surface area contributed by atoms with Gasteiger partial charge in [-0.15, -0.1) is 6.58 Å². The maximum atomic E-state index is 12.4. The maximum Gasteiger partial charge on any atom is 0.136 e. The van der Waals surface area contributed by atoms with Crippen molar-refractivity contribution < 1.29 is 9.00 Å². The molecule has 0 spiro atoms. The summed E-state index contributed by atoms with van der Waals surface area (Å²) < 4.78 is 12.2. The molecule has 0 aromatic carbocycles. The summed E-state index contributed by atoms with van der Waals surface area (Å²) in [5, 5.41) is 0.651. The minimum atomic E-state index is -0.645. The van der Waals surface area contributed by atoms with Crippen molar-refractivity contribution >= 4 is 16.6 Å². The summed E-state index contributed by atoms with van der Waals surface area (Å²) in [6.45, 7) is 3.74. The summed E-state index contributed by atoms with van der Waals surface area (Å²) in [6.07, 6.45) is 16.4. The Balaban J connectivity index is 1.58. The first-order chi connectivity index (χ1) is 10.7. The number of allylic oxidation sites excluding steroid dienone is 1. The first-order valence-corrected chi connectivity index (χ1v) is 10.5. The number of ketones is 1. The smallest absolute Gasteiger partial charge is 0.136 e. The monoisotopic (exact) mass is 324 g/mol. The molecule has 2 atom stereocenters. The normalized spacial score (nSPS) is 30.9. The molecule has 0 amide bonds. The van der Waals surface area contributed by atoms with E-state index in [0.717, 1.165) is 44.9 Å². The van der Waals surface area contributed by atoms with Crippen LogP contribution in [0.1, 0.15) is 83.5 Å². The number of fused-ring (bicyclic) bond motifs is 2. The standard InChI is InChI=1S/C19H32O2S/c1-2-3-4-5-6-7-8-9-13-19(20)16-14-17-11-10-12-18(15-16)22(17)21/h2,16-18H,1,3-15H2. The van der Waals surface area contributed by atoms with Gasteiger partial charge in [0, 0.05) is 33.6 Å². The molecule has 0 saturated carbocycles. The SMILES string of the molecule is C=CCCCCCCCCC(=O)C1CC2CCCC(C1)S2=O. The summed E-state index contributed by atoms with van der Waals surface area (Å²) in [5.74, 6) is 0.681. The molecule has 2 aliphatic heterocycles. The number of carbonyl (C=O) groups excluding carboxylic acids is 1. The number of hydrogen-bond donors (Lipinski definition) is 0. The minimum Gasteiger partial charge on any atom is -0.299 e. The third-order valence-corrected chi connectivity index (χ3v) is 7.51. The summed E-state index contributed by atoms with van der Waals surface area (Å²) in [5.41, 5.74) is 0. The van der Waals surface area contributed by atoms with Gasteiger partial charge in [-0.1, -0.05) is 38.2 Å². The molecule has 2 fully saturated rings. The van der Waals surface area contributed by atoms with Crippen molar-refractivity contribution in [3.8, 4) is 0 Å². The molecule has 2 unspecified atom stereocenters. The Morgan fingerprint density at radius 3 is 2.23 bits per heavy atom. The summed E-state index contributed by atoms with van der Waals surface area (Å²) in [6, 6.07) is 0. The van der Waals surface area contributed by atoms with Crippen LogP contribution >= 0.6 is 0 Å². The van der Waals surface area contributed by atoms with Crippen LogP contribution in [0.3, 0.4) is 0 Å². The van der Waals surface area contributed by atoms with Gasteiger partial charge in [0.15, 0.2) is 0 Å². The largest absolute Gasteiger partial charge is 0.299 e. The van der Waals surface area contributed by atoms with Crippen LogP contribution in [0.25, 0.3) is 0 Å². The van der Waals surface area contributed by atoms with Crippen LogP contribution in [-0.4, -0.2) is 20.5 Å². The van der Waals surface area contributed by atoms with Crippen molar-refractivity contribution in [2.45, 2.75) is 94.0 Å². The van der Waals surface area contributed by atoms with Gasteiger partial charge in [0.05, 0.1) is 0 Å². The average Bonchev–Trinajstić information content (AvgIpc) is 2.49. The van der Waals surface area contributed by atoms with E-state index in [1.807, 2.05) is 6.08 Å². The van der Waals surface area contributed by atoms with Crippen LogP contribution in [-0.2, 0) is 15.6 Å². The summed E-state index contributed by atoms with van der Waals surface area (Å²) >= 11 is 0. The topological polar surface area (TPSA) is 34.1 Å². The van der Waals surface area contributed by atoms with E-state index >= 15 is 0 Å². The van der Waals surface area contributed by atoms with E-state index in [0.29, 0.717) is 16.3 Å². The molecule has 2 aliphatic rings. The molecule has 0 radical (unpaired) electrons. The van der Waals surface area contributed by atoms with E-state index in [1.54, 1.807) is 0 Å². The van der Waals surface area contributed by atoms with Crippen LogP contribution in [0, 0.1) is 5.92 Å². The Morgan fingerprint density at radius 2 is 1.59 bits per heavy atom. The lowest BCUT2D eigenvalue weighted by atomic mass is 9.85. The summed E-state index contributed by atoms with van der Waals surface area (Å²) in [4.78, 5) is 12.4. The third-order valence-electron chi connectivity index (χ3n) is 5.34. The maximum absolute atomic E-state index is 12.4. The Kier molecular flexibility index (Phi) is 7.85. The van der Waals surface area contributed by atoms with Crippen molar-refractivity contribution in [2.75, 3.05) is 0 Å². The average molecular weight is 325 g/mol. The first kappa shape index (κ1) is 17.9. The van der Waals surface area contributed by atoms with Gasteiger partial charge < -0.3 is 0 Å². The fourth-order valence-corrected chi connectivity index (χ4v) is 6.18. The second kappa shape index (κ2) is 9.64. The number of hydrogen-bond acceptors (Lipinski definition) is 2. The zero-order valence-corrected chi connectivity index (χ0v) is 14.8. The molecule has 2 saturated heterocycles. The number of unbranched alkanes of at least 4 members (excludes halogenated alkanes) is 6. The van der Waals surface area contributed by atoms with E-state index in [-0.39, 0.29) is 5.92 Å². The molecule has 0 aromatic heterocycles. The molecule has 2 heterocycles. The van der Waals surface area contributed by atoms with Gasteiger partial charge in [0.25, 0.3) is 0 Å². The molecular formula is C19H32O2S. The molecule has 3 heteroatoms. The highest BCUT2D eigenvalue weighted by atomic mass is 32.2. The minimum absolute atomic E-state index is 0.223. The van der Waals surface area contributed by atoms with Crippen molar-refractivity contribution in [3.05, 3.63) is 12.7 Å². The van der Waals surface area contributed by atoms with Gasteiger partial charge >= 0.3 is 0 Å². The molecule has 2 rings (SSSR count). The van der Waals surface area contributed by atoms with Gasteiger partial charge in [0.2, 0.25) is 0 Å². The Labute approximate surface area is 138 Å². The zero-order chi connectivity index (χ0) is 15.8. The van der Waals surface area contributed by atoms with Gasteiger partial charge in [-0.2, -0.15) is 0 Å². The third kappa shape index (κ3) is 5.33. The van der Waals surface area contributed by atoms with Crippen molar-refractivity contribution in [3.63, 3.8) is 0 Å². The number of rotatable bonds is 10. The lowest BCUT2D eigenvalue weighted by Crippen LogP contribution is -2.41. The van der Waals surface area contributed by atoms with E-state index in [2.05, 4.69) is 6.58 Å². The fourth-order valence-electron chi connectivity index (χ4n) is 4.00. The molecule has 22 heavy (non-hydrogen) atoms. The van der Waals surface area contributed by atoms with E-state index in [9.17, 15) is 9.00 Å². The molecule has 126 valence electrons. The molecule has 0 N–H and O–H groups in total. The van der Waals surface area contributed by atoms with E-state index in [1.165, 1.54) is 38.5 Å². The van der Waals surface area contributed by atoms with Crippen molar-refractivity contribution in [2.24, 2.45) is 5.92 Å². The van der Waals surface area contributed by atoms with Crippen LogP contribution in [0.4, 0.5) is 0 Å². The second-order valence-corrected chi connectivity index (χ2v) is 9.08. The molecule has 0 aliphatic carbocycles. The predicted octanol–water partition coefficient (Wildman–Crippen LogP) is 4.94. The quantitative estimate of drug-likeness (QED) is 0.421. The number of carbonyl (C=O) groups is 1. The second-order valence-electron chi connectivity index (χ2n) is 7.09. The van der Waals surface area contributed by atoms with Crippen molar-refractivity contribution in [1.82, 2.24) is 0 Å². The van der Waals surface area contributed by atoms with Gasteiger partial charge in [-0.05, 0) is 44.9 Å². The zero-order valence-electron chi connectivity index (χ0n) is 13.9. The van der Waals surface area contributed by atoms with E-state index < -0.39 is 10.8 Å². The fraction of sp³-hybridized carbons (Fsp3) is 0.842. The predicted molar refractivity (Wildman–Crippen MR) is 94.4 cm³/mol. The van der Waals surface area contributed by atoms with Gasteiger partial charge in [-0.25, -0.2) is 0 Å². The molecule has 2 nitrogen and oxygen atoms in total. The molecular weight excluding hydrogens is 292 g/mol. The molecule has 2 bridgehead atoms. The van der Waals surface area contributed by atoms with Crippen LogP contribution in [0.15, 0.2) is 12.7 Å².